The lowest BCUT2D eigenvalue weighted by Crippen LogP contribution is -1.87. The first-order valence-corrected chi connectivity index (χ1v) is 4.09. The van der Waals surface area contributed by atoms with E-state index in [0.29, 0.717) is 5.01 Å². The zero-order valence-corrected chi connectivity index (χ0v) is 7.23. The van der Waals surface area contributed by atoms with Crippen LogP contribution in [0.4, 0.5) is 0 Å². The molecule has 1 heterocycles. The molecule has 0 bridgehead atoms. The van der Waals surface area contributed by atoms with Gasteiger partial charge >= 0.3 is 0 Å². The van der Waals surface area contributed by atoms with Gasteiger partial charge in [-0.15, -0.1) is 11.3 Å². The molecule has 0 N–H and O–H groups in total. The molecule has 1 aromatic rings. The molecule has 0 fully saturated rings. The normalized spacial score (nSPS) is 7.90. The number of carbonyl (C=O) groups is 1. The maximum absolute atomic E-state index is 10.5. The molecular weight excluding hydrogens is 146 g/mol. The fourth-order valence-electron chi connectivity index (χ4n) is 0.397. The Hall–Kier alpha value is -0.700. The molecule has 0 aliphatic carbocycles. The van der Waals surface area contributed by atoms with Gasteiger partial charge in [-0.25, -0.2) is 4.98 Å². The number of rotatable bonds is 1. The summed E-state index contributed by atoms with van der Waals surface area (Å²) in [5, 5.41) is 2.38. The number of nitrogens with zero attached hydrogens (tertiary/aromatic N) is 1. The largest absolute Gasteiger partial charge is 0.292 e. The van der Waals surface area contributed by atoms with Gasteiger partial charge in [-0.05, 0) is 0 Å². The van der Waals surface area contributed by atoms with Crippen molar-refractivity contribution in [3.8, 4) is 0 Å². The third-order valence-electron chi connectivity index (χ3n) is 0.733. The predicted molar refractivity (Wildman–Crippen MR) is 43.5 cm³/mol. The van der Waals surface area contributed by atoms with Crippen LogP contribution in [0.3, 0.4) is 0 Å². The van der Waals surface area contributed by atoms with Crippen molar-refractivity contribution in [2.45, 2.75) is 20.8 Å². The lowest BCUT2D eigenvalue weighted by atomic mass is 10.5. The highest BCUT2D eigenvalue weighted by atomic mass is 32.1. The highest BCUT2D eigenvalue weighted by molar-refractivity contribution is 7.11. The first-order chi connectivity index (χ1) is 4.80. The van der Waals surface area contributed by atoms with E-state index in [1.54, 1.807) is 11.6 Å². The molecule has 0 unspecified atom stereocenters. The molecular formula is C7H11NOS. The van der Waals surface area contributed by atoms with Crippen LogP contribution in [0.2, 0.25) is 0 Å². The Labute approximate surface area is 64.9 Å². The lowest BCUT2D eigenvalue weighted by molar-refractivity contribution is 0.101. The van der Waals surface area contributed by atoms with Gasteiger partial charge in [0.2, 0.25) is 0 Å². The summed E-state index contributed by atoms with van der Waals surface area (Å²) in [5.74, 6) is 0.0417. The first kappa shape index (κ1) is 9.30. The van der Waals surface area contributed by atoms with Crippen LogP contribution in [-0.2, 0) is 0 Å². The average Bonchev–Trinajstić information content (AvgIpc) is 2.42. The number of Topliss-reactive ketones (excluding diaryl/α,β-unsaturated/α-hetero) is 1. The summed E-state index contributed by atoms with van der Waals surface area (Å²) in [5.41, 5.74) is 0. The summed E-state index contributed by atoms with van der Waals surface area (Å²) in [7, 11) is 0. The van der Waals surface area contributed by atoms with E-state index in [1.807, 2.05) is 13.8 Å². The van der Waals surface area contributed by atoms with Crippen LogP contribution in [0.25, 0.3) is 0 Å². The molecule has 3 heteroatoms. The summed E-state index contributed by atoms with van der Waals surface area (Å²) in [4.78, 5) is 14.2. The number of hydrogen-bond donors (Lipinski definition) is 0. The van der Waals surface area contributed by atoms with Crippen LogP contribution in [0, 0.1) is 0 Å². The molecule has 0 aromatic carbocycles. The SMILES string of the molecule is CC.CC(=O)c1nccs1. The molecule has 0 aliphatic rings. The highest BCUT2D eigenvalue weighted by Gasteiger charge is 1.97. The van der Waals surface area contributed by atoms with Crippen molar-refractivity contribution in [1.82, 2.24) is 4.98 Å². The maximum atomic E-state index is 10.5. The van der Waals surface area contributed by atoms with Gasteiger partial charge in [-0.3, -0.25) is 4.79 Å². The van der Waals surface area contributed by atoms with E-state index in [1.165, 1.54) is 18.3 Å². The van der Waals surface area contributed by atoms with Crippen molar-refractivity contribution >= 4 is 17.1 Å². The molecule has 1 aromatic heterocycles. The van der Waals surface area contributed by atoms with Crippen LogP contribution in [0.15, 0.2) is 11.6 Å². The topological polar surface area (TPSA) is 30.0 Å². The fraction of sp³-hybridized carbons (Fsp3) is 0.429. The Balaban J connectivity index is 0.000000371. The number of thiazole rings is 1. The van der Waals surface area contributed by atoms with E-state index < -0.39 is 0 Å². The monoisotopic (exact) mass is 157 g/mol. The number of ketones is 1. The molecule has 10 heavy (non-hydrogen) atoms. The lowest BCUT2D eigenvalue weighted by Gasteiger charge is -1.78. The van der Waals surface area contributed by atoms with Crippen LogP contribution >= 0.6 is 11.3 Å². The van der Waals surface area contributed by atoms with Gasteiger partial charge in [-0.1, -0.05) is 13.8 Å². The second kappa shape index (κ2) is 5.11. The summed E-state index contributed by atoms with van der Waals surface area (Å²) in [6.07, 6.45) is 1.63. The van der Waals surface area contributed by atoms with Crippen LogP contribution < -0.4 is 0 Å². The van der Waals surface area contributed by atoms with Gasteiger partial charge < -0.3 is 0 Å². The first-order valence-electron chi connectivity index (χ1n) is 3.21. The van der Waals surface area contributed by atoms with Gasteiger partial charge in [0.05, 0.1) is 0 Å². The number of hydrogen-bond acceptors (Lipinski definition) is 3. The molecule has 56 valence electrons. The van der Waals surface area contributed by atoms with E-state index in [-0.39, 0.29) is 5.78 Å². The summed E-state index contributed by atoms with van der Waals surface area (Å²) in [6.45, 7) is 5.51. The van der Waals surface area contributed by atoms with Gasteiger partial charge in [-0.2, -0.15) is 0 Å². The minimum absolute atomic E-state index is 0.0417. The van der Waals surface area contributed by atoms with E-state index in [0.717, 1.165) is 0 Å². The molecule has 0 aliphatic heterocycles. The Morgan fingerprint density at radius 1 is 1.60 bits per heavy atom. The zero-order valence-electron chi connectivity index (χ0n) is 6.42. The molecule has 0 saturated carbocycles. The molecule has 0 spiro atoms. The third-order valence-corrected chi connectivity index (χ3v) is 1.61. The molecule has 1 rings (SSSR count). The minimum Gasteiger partial charge on any atom is -0.292 e. The summed E-state index contributed by atoms with van der Waals surface area (Å²) in [6, 6.07) is 0. The predicted octanol–water partition coefficient (Wildman–Crippen LogP) is 2.37. The molecule has 0 amide bonds. The second-order valence-electron chi connectivity index (χ2n) is 1.39. The van der Waals surface area contributed by atoms with E-state index in [9.17, 15) is 4.79 Å². The van der Waals surface area contributed by atoms with Gasteiger partial charge in [0, 0.05) is 18.5 Å². The molecule has 2 nitrogen and oxygen atoms in total. The van der Waals surface area contributed by atoms with Gasteiger partial charge in [0.25, 0.3) is 0 Å². The third kappa shape index (κ3) is 2.73. The van der Waals surface area contributed by atoms with Crippen LogP contribution in [0.5, 0.6) is 0 Å². The molecule has 0 saturated heterocycles. The summed E-state index contributed by atoms with van der Waals surface area (Å²) >= 11 is 1.37. The fourth-order valence-corrected chi connectivity index (χ4v) is 0.936. The highest BCUT2D eigenvalue weighted by Crippen LogP contribution is 2.02. The minimum atomic E-state index is 0.0417. The van der Waals surface area contributed by atoms with Crippen LogP contribution in [-0.4, -0.2) is 10.8 Å². The Morgan fingerprint density at radius 3 is 2.40 bits per heavy atom. The van der Waals surface area contributed by atoms with E-state index >= 15 is 0 Å². The van der Waals surface area contributed by atoms with Crippen molar-refractivity contribution in [2.75, 3.05) is 0 Å². The Morgan fingerprint density at radius 2 is 2.20 bits per heavy atom. The standard InChI is InChI=1S/C5H5NOS.C2H6/c1-4(7)5-6-2-3-8-5;1-2/h2-3H,1H3;1-2H3. The van der Waals surface area contributed by atoms with Crippen molar-refractivity contribution in [3.63, 3.8) is 0 Å². The Bertz CT molecular complexity index is 181. The van der Waals surface area contributed by atoms with Crippen molar-refractivity contribution < 1.29 is 4.79 Å². The second-order valence-corrected chi connectivity index (χ2v) is 2.29. The van der Waals surface area contributed by atoms with Gasteiger partial charge in [0.15, 0.2) is 10.8 Å². The zero-order chi connectivity index (χ0) is 7.98. The van der Waals surface area contributed by atoms with Crippen molar-refractivity contribution in [3.05, 3.63) is 16.6 Å². The smallest absolute Gasteiger partial charge is 0.188 e. The number of carbonyl (C=O) groups excluding carboxylic acids is 1. The molecule has 0 atom stereocenters. The van der Waals surface area contributed by atoms with E-state index in [2.05, 4.69) is 4.98 Å². The van der Waals surface area contributed by atoms with Gasteiger partial charge in [0.1, 0.15) is 0 Å². The van der Waals surface area contributed by atoms with Crippen molar-refractivity contribution in [2.24, 2.45) is 0 Å². The number of aromatic nitrogens is 1. The quantitative estimate of drug-likeness (QED) is 0.586. The van der Waals surface area contributed by atoms with Crippen LogP contribution in [0.1, 0.15) is 30.6 Å². The Kier molecular flexibility index (Phi) is 4.76. The molecule has 0 radical (unpaired) electrons. The maximum Gasteiger partial charge on any atom is 0.188 e. The van der Waals surface area contributed by atoms with E-state index in [4.69, 9.17) is 0 Å². The summed E-state index contributed by atoms with van der Waals surface area (Å²) < 4.78 is 0. The van der Waals surface area contributed by atoms with Crippen molar-refractivity contribution in [1.29, 1.82) is 0 Å². The average molecular weight is 157 g/mol.